The summed E-state index contributed by atoms with van der Waals surface area (Å²) >= 11 is 6.30. The fourth-order valence-electron chi connectivity index (χ4n) is 3.92. The normalized spacial score (nSPS) is 16.5. The zero-order valence-electron chi connectivity index (χ0n) is 15.2. The van der Waals surface area contributed by atoms with Gasteiger partial charge in [0.25, 0.3) is 5.78 Å². The van der Waals surface area contributed by atoms with Gasteiger partial charge in [-0.3, -0.25) is 0 Å². The number of fused-ring (bicyclic) bond motifs is 1. The van der Waals surface area contributed by atoms with Gasteiger partial charge in [0.05, 0.1) is 19.9 Å². The predicted octanol–water partition coefficient (Wildman–Crippen LogP) is 4.61. The van der Waals surface area contributed by atoms with Crippen LogP contribution in [0.3, 0.4) is 0 Å². The Labute approximate surface area is 166 Å². The topological polar surface area (TPSA) is 55.1 Å². The molecule has 1 aromatic carbocycles. The average Bonchev–Trinajstić information content (AvgIpc) is 3.12. The Balaban J connectivity index is 1.87. The summed E-state index contributed by atoms with van der Waals surface area (Å²) in [4.78, 5) is 8.13. The Hall–Kier alpha value is -2.13. The second-order valence-electron chi connectivity index (χ2n) is 7.17. The molecule has 28 heavy (non-hydrogen) atoms. The van der Waals surface area contributed by atoms with Gasteiger partial charge in [-0.05, 0) is 6.92 Å². The Bertz CT molecular complexity index is 999. The lowest BCUT2D eigenvalue weighted by Crippen LogP contribution is -2.37. The minimum atomic E-state index is -1.10. The molecule has 10 heteroatoms. The first-order valence-electron chi connectivity index (χ1n) is 9.26. The highest BCUT2D eigenvalue weighted by Crippen LogP contribution is 2.38. The monoisotopic (exact) mass is 425 g/mol. The molecule has 1 aliphatic rings. The molecule has 0 saturated carbocycles. The molecule has 0 bridgehead atoms. The summed E-state index contributed by atoms with van der Waals surface area (Å²) in [5.41, 5.74) is -0.265. The molecule has 3 aromatic rings. The standard InChI is InChI=1S/C18H19ClF3N5Si/c1-10(28-5-3-2-4-6-28)25-17-15(14-12(21)7-11(20)8-13(14)22)16(19)26-18-23-9-24-27(17)18/h7-10,25,28H,2-6H2,1H3. The average molecular weight is 426 g/mol. The third-order valence-corrected chi connectivity index (χ3v) is 9.52. The van der Waals surface area contributed by atoms with Crippen LogP contribution in [0.5, 0.6) is 0 Å². The van der Waals surface area contributed by atoms with Gasteiger partial charge in [0.1, 0.15) is 34.7 Å². The second-order valence-corrected chi connectivity index (χ2v) is 11.2. The van der Waals surface area contributed by atoms with Crippen LogP contribution in [0.1, 0.15) is 26.2 Å². The molecule has 0 spiro atoms. The van der Waals surface area contributed by atoms with Gasteiger partial charge in [0.15, 0.2) is 0 Å². The number of nitrogens with one attached hydrogen (secondary N) is 1. The van der Waals surface area contributed by atoms with Crippen LogP contribution in [-0.2, 0) is 0 Å². The molecule has 0 radical (unpaired) electrons. The maximum absolute atomic E-state index is 14.5. The van der Waals surface area contributed by atoms with Gasteiger partial charge >= 0.3 is 0 Å². The van der Waals surface area contributed by atoms with Gasteiger partial charge in [-0.25, -0.2) is 13.2 Å². The lowest BCUT2D eigenvalue weighted by molar-refractivity contribution is 0.548. The molecule has 2 aromatic heterocycles. The molecule has 1 fully saturated rings. The number of halogens is 4. The molecule has 148 valence electrons. The Morgan fingerprint density at radius 3 is 2.46 bits per heavy atom. The first-order chi connectivity index (χ1) is 13.5. The van der Waals surface area contributed by atoms with E-state index in [2.05, 4.69) is 27.3 Å². The molecule has 1 unspecified atom stereocenters. The quantitative estimate of drug-likeness (QED) is 0.489. The van der Waals surface area contributed by atoms with Gasteiger partial charge in [0.2, 0.25) is 0 Å². The van der Waals surface area contributed by atoms with Crippen molar-refractivity contribution >= 4 is 32.0 Å². The van der Waals surface area contributed by atoms with Crippen molar-refractivity contribution in [1.29, 1.82) is 0 Å². The van der Waals surface area contributed by atoms with Crippen molar-refractivity contribution in [3.8, 4) is 11.1 Å². The highest BCUT2D eigenvalue weighted by molar-refractivity contribution is 6.61. The van der Waals surface area contributed by atoms with Crippen molar-refractivity contribution in [1.82, 2.24) is 19.6 Å². The molecule has 1 N–H and O–H groups in total. The van der Waals surface area contributed by atoms with Crippen molar-refractivity contribution in [3.63, 3.8) is 0 Å². The number of hydrogen-bond acceptors (Lipinski definition) is 4. The molecule has 0 aliphatic carbocycles. The number of rotatable bonds is 4. The van der Waals surface area contributed by atoms with Crippen molar-refractivity contribution in [2.24, 2.45) is 0 Å². The Morgan fingerprint density at radius 2 is 1.79 bits per heavy atom. The highest BCUT2D eigenvalue weighted by Gasteiger charge is 2.27. The first kappa shape index (κ1) is 19.2. The van der Waals surface area contributed by atoms with Gasteiger partial charge < -0.3 is 5.32 Å². The summed E-state index contributed by atoms with van der Waals surface area (Å²) in [5.74, 6) is -2.56. The largest absolute Gasteiger partial charge is 0.370 e. The van der Waals surface area contributed by atoms with Crippen LogP contribution in [0, 0.1) is 17.5 Å². The van der Waals surface area contributed by atoms with E-state index in [1.54, 1.807) is 0 Å². The van der Waals surface area contributed by atoms with Gasteiger partial charge in [-0.15, -0.1) is 0 Å². The first-order valence-corrected chi connectivity index (χ1v) is 11.9. The van der Waals surface area contributed by atoms with Crippen molar-refractivity contribution in [3.05, 3.63) is 41.1 Å². The summed E-state index contributed by atoms with van der Waals surface area (Å²) in [5, 5.41) is 7.41. The smallest absolute Gasteiger partial charge is 0.255 e. The third-order valence-electron chi connectivity index (χ3n) is 5.36. The summed E-state index contributed by atoms with van der Waals surface area (Å²) in [7, 11) is -1.10. The van der Waals surface area contributed by atoms with E-state index < -0.39 is 31.8 Å². The van der Waals surface area contributed by atoms with Crippen molar-refractivity contribution in [2.75, 3.05) is 5.32 Å². The van der Waals surface area contributed by atoms with Crippen LogP contribution >= 0.6 is 11.6 Å². The fourth-order valence-corrected chi connectivity index (χ4v) is 7.49. The molecular weight excluding hydrogens is 407 g/mol. The van der Waals surface area contributed by atoms with E-state index in [0.717, 1.165) is 0 Å². The zero-order valence-corrected chi connectivity index (χ0v) is 17.1. The lowest BCUT2D eigenvalue weighted by atomic mass is 10.1. The van der Waals surface area contributed by atoms with E-state index in [4.69, 9.17) is 11.6 Å². The molecule has 5 nitrogen and oxygen atoms in total. The molecule has 4 rings (SSSR count). The number of aromatic nitrogens is 4. The minimum Gasteiger partial charge on any atom is -0.370 e. The van der Waals surface area contributed by atoms with Crippen LogP contribution in [-0.4, -0.2) is 34.0 Å². The SMILES string of the molecule is CC(Nc1c(-c2c(F)cc(F)cc2F)c(Cl)nc2ncnn12)[SiH]1CCCCC1. The van der Waals surface area contributed by atoms with Crippen LogP contribution in [0.2, 0.25) is 17.2 Å². The Morgan fingerprint density at radius 1 is 1.11 bits per heavy atom. The summed E-state index contributed by atoms with van der Waals surface area (Å²) < 4.78 is 43.9. The van der Waals surface area contributed by atoms with E-state index in [1.165, 1.54) is 42.2 Å². The third kappa shape index (κ3) is 3.48. The van der Waals surface area contributed by atoms with E-state index in [0.29, 0.717) is 18.0 Å². The van der Waals surface area contributed by atoms with Gasteiger partial charge in [-0.2, -0.15) is 19.6 Å². The van der Waals surface area contributed by atoms with Crippen LogP contribution in [0.4, 0.5) is 19.0 Å². The van der Waals surface area contributed by atoms with Gasteiger partial charge in [0, 0.05) is 17.8 Å². The maximum Gasteiger partial charge on any atom is 0.255 e. The molecule has 1 saturated heterocycles. The van der Waals surface area contributed by atoms with E-state index >= 15 is 0 Å². The highest BCUT2D eigenvalue weighted by atomic mass is 35.5. The lowest BCUT2D eigenvalue weighted by Gasteiger charge is -2.28. The van der Waals surface area contributed by atoms with Crippen molar-refractivity contribution in [2.45, 2.75) is 43.9 Å². The fraction of sp³-hybridized carbons (Fsp3) is 0.389. The van der Waals surface area contributed by atoms with Crippen molar-refractivity contribution < 1.29 is 13.2 Å². The van der Waals surface area contributed by atoms with Gasteiger partial charge in [-0.1, -0.05) is 43.0 Å². The van der Waals surface area contributed by atoms with E-state index in [-0.39, 0.29) is 22.2 Å². The number of anilines is 1. The summed E-state index contributed by atoms with van der Waals surface area (Å²) in [6, 6.07) is 3.68. The molecule has 1 atom stereocenters. The molecular formula is C18H19ClF3N5Si. The van der Waals surface area contributed by atoms with Crippen LogP contribution < -0.4 is 5.32 Å². The van der Waals surface area contributed by atoms with E-state index in [1.807, 2.05) is 0 Å². The molecule has 0 amide bonds. The second kappa shape index (κ2) is 7.71. The van der Waals surface area contributed by atoms with E-state index in [9.17, 15) is 13.2 Å². The maximum atomic E-state index is 14.5. The number of hydrogen-bond donors (Lipinski definition) is 1. The zero-order chi connectivity index (χ0) is 19.8. The predicted molar refractivity (Wildman–Crippen MR) is 105 cm³/mol. The molecule has 1 aliphatic heterocycles. The summed E-state index contributed by atoms with van der Waals surface area (Å²) in [6.45, 7) is 2.08. The van der Waals surface area contributed by atoms with Crippen LogP contribution in [0.15, 0.2) is 18.5 Å². The number of benzene rings is 1. The number of nitrogens with zero attached hydrogens (tertiary/aromatic N) is 4. The van der Waals surface area contributed by atoms with Crippen LogP contribution in [0.25, 0.3) is 16.9 Å². The minimum absolute atomic E-state index is 0.0197. The molecule has 3 heterocycles. The Kier molecular flexibility index (Phi) is 5.28. The summed E-state index contributed by atoms with van der Waals surface area (Å²) in [6.07, 6.45) is 4.98.